The maximum atomic E-state index is 12.0. The van der Waals surface area contributed by atoms with E-state index in [9.17, 15) is 4.79 Å². The van der Waals surface area contributed by atoms with E-state index >= 15 is 0 Å². The first-order valence-corrected chi connectivity index (χ1v) is 7.45. The predicted molar refractivity (Wildman–Crippen MR) is 91.3 cm³/mol. The standard InChI is InChI=1S/C18H21NO5/c1-21-14-6-4-5-7-16(14)24-11-10-18(20)19-13-8-9-15(22-2)17(12-13)23-3/h4-9,12H,10-11H2,1-3H3,(H,19,20). The Morgan fingerprint density at radius 2 is 1.50 bits per heavy atom. The Labute approximate surface area is 141 Å². The molecule has 1 N–H and O–H groups in total. The monoisotopic (exact) mass is 331 g/mol. The zero-order chi connectivity index (χ0) is 17.4. The second-order valence-corrected chi connectivity index (χ2v) is 4.87. The first-order chi connectivity index (χ1) is 11.7. The van der Waals surface area contributed by atoms with Crippen LogP contribution in [-0.4, -0.2) is 33.8 Å². The lowest BCUT2D eigenvalue weighted by Crippen LogP contribution is -2.15. The molecule has 6 nitrogen and oxygen atoms in total. The minimum atomic E-state index is -0.155. The first-order valence-electron chi connectivity index (χ1n) is 7.45. The first kappa shape index (κ1) is 17.5. The van der Waals surface area contributed by atoms with Gasteiger partial charge in [-0.1, -0.05) is 12.1 Å². The van der Waals surface area contributed by atoms with Crippen molar-refractivity contribution in [2.75, 3.05) is 33.3 Å². The van der Waals surface area contributed by atoms with E-state index in [-0.39, 0.29) is 18.9 Å². The van der Waals surface area contributed by atoms with Crippen LogP contribution in [-0.2, 0) is 4.79 Å². The highest BCUT2D eigenvalue weighted by molar-refractivity contribution is 5.91. The molecule has 0 spiro atoms. The molecule has 6 heteroatoms. The molecule has 0 aliphatic rings. The summed E-state index contributed by atoms with van der Waals surface area (Å²) >= 11 is 0. The Hall–Kier alpha value is -2.89. The average Bonchev–Trinajstić information content (AvgIpc) is 2.62. The highest BCUT2D eigenvalue weighted by atomic mass is 16.5. The Morgan fingerprint density at radius 1 is 0.875 bits per heavy atom. The Balaban J connectivity index is 1.87. The summed E-state index contributed by atoms with van der Waals surface area (Å²) in [4.78, 5) is 12.0. The summed E-state index contributed by atoms with van der Waals surface area (Å²) in [5, 5.41) is 2.80. The van der Waals surface area contributed by atoms with Gasteiger partial charge in [-0.25, -0.2) is 0 Å². The maximum Gasteiger partial charge on any atom is 0.227 e. The van der Waals surface area contributed by atoms with Crippen LogP contribution in [0.25, 0.3) is 0 Å². The summed E-state index contributed by atoms with van der Waals surface area (Å²) in [6.45, 7) is 0.250. The highest BCUT2D eigenvalue weighted by Crippen LogP contribution is 2.30. The van der Waals surface area contributed by atoms with Crippen molar-refractivity contribution in [1.29, 1.82) is 0 Å². The number of amides is 1. The minimum Gasteiger partial charge on any atom is -0.493 e. The van der Waals surface area contributed by atoms with Gasteiger partial charge in [-0.05, 0) is 24.3 Å². The van der Waals surface area contributed by atoms with E-state index in [1.807, 2.05) is 12.1 Å². The van der Waals surface area contributed by atoms with Crippen LogP contribution in [0.5, 0.6) is 23.0 Å². The number of carbonyl (C=O) groups is 1. The molecule has 0 bridgehead atoms. The van der Waals surface area contributed by atoms with Crippen molar-refractivity contribution in [2.24, 2.45) is 0 Å². The fourth-order valence-corrected chi connectivity index (χ4v) is 2.13. The third kappa shape index (κ3) is 4.55. The van der Waals surface area contributed by atoms with Gasteiger partial charge < -0.3 is 24.3 Å². The molecule has 24 heavy (non-hydrogen) atoms. The van der Waals surface area contributed by atoms with Crippen molar-refractivity contribution >= 4 is 11.6 Å². The molecule has 0 atom stereocenters. The van der Waals surface area contributed by atoms with E-state index in [1.54, 1.807) is 51.7 Å². The van der Waals surface area contributed by atoms with Crippen LogP contribution in [0.2, 0.25) is 0 Å². The van der Waals surface area contributed by atoms with Crippen LogP contribution in [0.1, 0.15) is 6.42 Å². The molecule has 0 aliphatic heterocycles. The van der Waals surface area contributed by atoms with Gasteiger partial charge in [0.25, 0.3) is 0 Å². The summed E-state index contributed by atoms with van der Waals surface area (Å²) in [7, 11) is 4.68. The van der Waals surface area contributed by atoms with E-state index in [0.29, 0.717) is 28.7 Å². The number of para-hydroxylation sites is 2. The summed E-state index contributed by atoms with van der Waals surface area (Å²) in [6.07, 6.45) is 0.215. The van der Waals surface area contributed by atoms with Crippen molar-refractivity contribution in [2.45, 2.75) is 6.42 Å². The van der Waals surface area contributed by atoms with Crippen molar-refractivity contribution in [1.82, 2.24) is 0 Å². The lowest BCUT2D eigenvalue weighted by Gasteiger charge is -2.12. The van der Waals surface area contributed by atoms with E-state index in [2.05, 4.69) is 5.32 Å². The SMILES string of the molecule is COc1ccc(NC(=O)CCOc2ccccc2OC)cc1OC. The van der Waals surface area contributed by atoms with Crippen LogP contribution in [0, 0.1) is 0 Å². The molecule has 0 aliphatic carbocycles. The molecule has 0 aromatic heterocycles. The molecule has 2 rings (SSSR count). The highest BCUT2D eigenvalue weighted by Gasteiger charge is 2.08. The molecular formula is C18H21NO5. The molecule has 2 aromatic carbocycles. The lowest BCUT2D eigenvalue weighted by atomic mass is 10.2. The van der Waals surface area contributed by atoms with Gasteiger partial charge in [0.1, 0.15) is 0 Å². The summed E-state index contributed by atoms with van der Waals surface area (Å²) in [5.41, 5.74) is 0.634. The second kappa shape index (κ2) is 8.67. The van der Waals surface area contributed by atoms with Crippen LogP contribution in [0.15, 0.2) is 42.5 Å². The lowest BCUT2D eigenvalue weighted by molar-refractivity contribution is -0.116. The average molecular weight is 331 g/mol. The van der Waals surface area contributed by atoms with Crippen LogP contribution in [0.3, 0.4) is 0 Å². The van der Waals surface area contributed by atoms with Gasteiger partial charge in [-0.3, -0.25) is 4.79 Å². The fraction of sp³-hybridized carbons (Fsp3) is 0.278. The van der Waals surface area contributed by atoms with Gasteiger partial charge in [-0.15, -0.1) is 0 Å². The molecular weight excluding hydrogens is 310 g/mol. The number of nitrogens with one attached hydrogen (secondary N) is 1. The molecule has 0 heterocycles. The molecule has 1 amide bonds. The van der Waals surface area contributed by atoms with Crippen molar-refractivity contribution in [3.63, 3.8) is 0 Å². The van der Waals surface area contributed by atoms with Gasteiger partial charge >= 0.3 is 0 Å². The zero-order valence-electron chi connectivity index (χ0n) is 14.0. The van der Waals surface area contributed by atoms with Gasteiger partial charge in [0.05, 0.1) is 34.4 Å². The number of hydrogen-bond acceptors (Lipinski definition) is 5. The number of benzene rings is 2. The summed E-state index contributed by atoms with van der Waals surface area (Å²) < 4.78 is 21.2. The summed E-state index contributed by atoms with van der Waals surface area (Å²) in [6, 6.07) is 12.5. The molecule has 0 saturated carbocycles. The maximum absolute atomic E-state index is 12.0. The van der Waals surface area contributed by atoms with E-state index < -0.39 is 0 Å². The van der Waals surface area contributed by atoms with Crippen LogP contribution in [0.4, 0.5) is 5.69 Å². The molecule has 2 aromatic rings. The molecule has 0 fully saturated rings. The minimum absolute atomic E-state index is 0.155. The molecule has 0 unspecified atom stereocenters. The molecule has 0 saturated heterocycles. The van der Waals surface area contributed by atoms with E-state index in [1.165, 1.54) is 0 Å². The summed E-state index contributed by atoms with van der Waals surface area (Å²) in [5.74, 6) is 2.25. The number of ether oxygens (including phenoxy) is 4. The Bertz CT molecular complexity index is 687. The fourth-order valence-electron chi connectivity index (χ4n) is 2.13. The number of carbonyl (C=O) groups excluding carboxylic acids is 1. The third-order valence-electron chi connectivity index (χ3n) is 3.32. The zero-order valence-corrected chi connectivity index (χ0v) is 14.0. The second-order valence-electron chi connectivity index (χ2n) is 4.87. The molecule has 0 radical (unpaired) electrons. The van der Waals surface area contributed by atoms with Crippen molar-refractivity contribution < 1.29 is 23.7 Å². The van der Waals surface area contributed by atoms with Gasteiger partial charge in [-0.2, -0.15) is 0 Å². The number of methoxy groups -OCH3 is 3. The number of anilines is 1. The largest absolute Gasteiger partial charge is 0.493 e. The topological polar surface area (TPSA) is 66.0 Å². The van der Waals surface area contributed by atoms with E-state index in [4.69, 9.17) is 18.9 Å². The quantitative estimate of drug-likeness (QED) is 0.805. The van der Waals surface area contributed by atoms with Gasteiger partial charge in [0, 0.05) is 11.8 Å². The van der Waals surface area contributed by atoms with Crippen molar-refractivity contribution in [3.8, 4) is 23.0 Å². The van der Waals surface area contributed by atoms with Crippen molar-refractivity contribution in [3.05, 3.63) is 42.5 Å². The number of rotatable bonds is 8. The Kier molecular flexibility index (Phi) is 6.31. The van der Waals surface area contributed by atoms with Gasteiger partial charge in [0.2, 0.25) is 5.91 Å². The Morgan fingerprint density at radius 3 is 2.17 bits per heavy atom. The van der Waals surface area contributed by atoms with Crippen LogP contribution >= 0.6 is 0 Å². The third-order valence-corrected chi connectivity index (χ3v) is 3.32. The normalized spacial score (nSPS) is 9.96. The number of hydrogen-bond donors (Lipinski definition) is 1. The molecule has 128 valence electrons. The van der Waals surface area contributed by atoms with E-state index in [0.717, 1.165) is 0 Å². The predicted octanol–water partition coefficient (Wildman–Crippen LogP) is 3.12. The smallest absolute Gasteiger partial charge is 0.227 e. The van der Waals surface area contributed by atoms with Crippen LogP contribution < -0.4 is 24.3 Å². The van der Waals surface area contributed by atoms with Gasteiger partial charge in [0.15, 0.2) is 23.0 Å².